The van der Waals surface area contributed by atoms with Gasteiger partial charge in [0.05, 0.1) is 4.92 Å². The molecule has 0 aliphatic rings. The van der Waals surface area contributed by atoms with Gasteiger partial charge >= 0.3 is 0 Å². The highest BCUT2D eigenvalue weighted by molar-refractivity contribution is 9.11. The molecule has 0 saturated heterocycles. The number of nitrogens with one attached hydrogen (secondary N) is 1. The van der Waals surface area contributed by atoms with Gasteiger partial charge in [-0.2, -0.15) is 0 Å². The van der Waals surface area contributed by atoms with Crippen LogP contribution >= 0.6 is 15.9 Å². The number of anilines is 1. The highest BCUT2D eigenvalue weighted by Gasteiger charge is 2.22. The van der Waals surface area contributed by atoms with E-state index < -0.39 is 20.4 Å². The molecule has 8 heteroatoms. The summed E-state index contributed by atoms with van der Waals surface area (Å²) in [5.41, 5.74) is 0.0438. The molecule has 0 unspecified atom stereocenters. The van der Waals surface area contributed by atoms with Gasteiger partial charge in [0, 0.05) is 29.0 Å². The van der Waals surface area contributed by atoms with E-state index in [1.54, 1.807) is 0 Å². The van der Waals surface area contributed by atoms with Gasteiger partial charge in [-0.3, -0.25) is 10.1 Å². The van der Waals surface area contributed by atoms with Crippen molar-refractivity contribution in [1.29, 1.82) is 0 Å². The van der Waals surface area contributed by atoms with Crippen LogP contribution in [0.1, 0.15) is 0 Å². The second-order valence-corrected chi connectivity index (χ2v) is 6.69. The van der Waals surface area contributed by atoms with Crippen molar-refractivity contribution >= 4 is 37.1 Å². The van der Waals surface area contributed by atoms with Crippen LogP contribution in [0.5, 0.6) is 0 Å². The van der Waals surface area contributed by atoms with Gasteiger partial charge in [-0.05, 0) is 12.1 Å². The molecule has 0 aliphatic heterocycles. The van der Waals surface area contributed by atoms with Crippen LogP contribution in [0, 0.1) is 10.1 Å². The Morgan fingerprint density at radius 1 is 1.56 bits per heavy atom. The second-order valence-electron chi connectivity index (χ2n) is 3.58. The van der Waals surface area contributed by atoms with Crippen molar-refractivity contribution in [1.82, 2.24) is 0 Å². The molecule has 0 radical (unpaired) electrons. The van der Waals surface area contributed by atoms with E-state index in [9.17, 15) is 18.5 Å². The van der Waals surface area contributed by atoms with Crippen molar-refractivity contribution in [2.75, 3.05) is 18.1 Å². The van der Waals surface area contributed by atoms with E-state index in [2.05, 4.69) is 27.8 Å². The first-order valence-corrected chi connectivity index (χ1v) is 7.46. The minimum absolute atomic E-state index is 0.308. The third kappa shape index (κ3) is 3.81. The summed E-state index contributed by atoms with van der Waals surface area (Å²) < 4.78 is 23.7. The number of rotatable bonds is 5. The molecular formula is C10H11BrN2O4S. The summed E-state index contributed by atoms with van der Waals surface area (Å²) >= 11 is 3.14. The van der Waals surface area contributed by atoms with Crippen molar-refractivity contribution in [3.63, 3.8) is 0 Å². The maximum Gasteiger partial charge on any atom is 0.288 e. The zero-order chi connectivity index (χ0) is 13.9. The summed E-state index contributed by atoms with van der Waals surface area (Å²) in [6.45, 7) is 4.00. The lowest BCUT2D eigenvalue weighted by Crippen LogP contribution is -2.06. The largest absolute Gasteiger partial charge is 0.380 e. The Hall–Kier alpha value is -1.41. The molecule has 0 amide bonds. The topological polar surface area (TPSA) is 89.3 Å². The molecule has 0 heterocycles. The van der Waals surface area contributed by atoms with Gasteiger partial charge in [0.2, 0.25) is 0 Å². The Morgan fingerprint density at radius 3 is 2.61 bits per heavy atom. The standard InChI is InChI=1S/C10H11BrN2O4S/c1-7(11)6-12-8-3-4-9(13(14)15)10(5-8)18(2,16)17/h3-5,12H,1,6H2,2H3. The number of benzene rings is 1. The van der Waals surface area contributed by atoms with Crippen LogP contribution in [0.3, 0.4) is 0 Å². The molecule has 0 spiro atoms. The molecule has 1 rings (SSSR count). The molecule has 0 atom stereocenters. The average molecular weight is 335 g/mol. The fraction of sp³-hybridized carbons (Fsp3) is 0.200. The first kappa shape index (κ1) is 14.7. The maximum absolute atomic E-state index is 11.5. The molecule has 0 saturated carbocycles. The van der Waals surface area contributed by atoms with Gasteiger partial charge in [0.1, 0.15) is 4.90 Å². The first-order valence-electron chi connectivity index (χ1n) is 4.77. The Bertz CT molecular complexity index is 598. The SMILES string of the molecule is C=C(Br)CNc1ccc([N+](=O)[O-])c(S(C)(=O)=O)c1. The number of nitro benzene ring substituents is 1. The van der Waals surface area contributed by atoms with Crippen molar-refractivity contribution in [3.8, 4) is 0 Å². The molecule has 6 nitrogen and oxygen atoms in total. The Balaban J connectivity index is 3.22. The van der Waals surface area contributed by atoms with E-state index >= 15 is 0 Å². The Morgan fingerprint density at radius 2 is 2.17 bits per heavy atom. The third-order valence-corrected chi connectivity index (χ3v) is 3.45. The Kier molecular flexibility index (Phi) is 4.47. The van der Waals surface area contributed by atoms with Gasteiger partial charge in [-0.25, -0.2) is 8.42 Å². The first-order chi connectivity index (χ1) is 8.21. The van der Waals surface area contributed by atoms with E-state index in [4.69, 9.17) is 0 Å². The molecule has 0 aromatic heterocycles. The number of hydrogen-bond donors (Lipinski definition) is 1. The second kappa shape index (κ2) is 5.49. The molecular weight excluding hydrogens is 324 g/mol. The number of nitrogens with zero attached hydrogens (tertiary/aromatic N) is 1. The van der Waals surface area contributed by atoms with Gasteiger partial charge in [-0.1, -0.05) is 22.5 Å². The number of hydrogen-bond acceptors (Lipinski definition) is 5. The molecule has 0 aliphatic carbocycles. The van der Waals surface area contributed by atoms with Crippen molar-refractivity contribution < 1.29 is 13.3 Å². The normalized spacial score (nSPS) is 11.0. The predicted molar refractivity (Wildman–Crippen MR) is 72.8 cm³/mol. The number of halogens is 1. The predicted octanol–water partition coefficient (Wildman–Crippen LogP) is 2.32. The van der Waals surface area contributed by atoms with E-state index in [-0.39, 0.29) is 4.90 Å². The van der Waals surface area contributed by atoms with Crippen LogP contribution in [-0.4, -0.2) is 26.1 Å². The van der Waals surface area contributed by atoms with Gasteiger partial charge < -0.3 is 5.32 Å². The monoisotopic (exact) mass is 334 g/mol. The van der Waals surface area contributed by atoms with Crippen LogP contribution in [0.2, 0.25) is 0 Å². The number of nitro groups is 1. The minimum atomic E-state index is -3.66. The smallest absolute Gasteiger partial charge is 0.288 e. The van der Waals surface area contributed by atoms with Gasteiger partial charge in [0.25, 0.3) is 5.69 Å². The number of sulfone groups is 1. The molecule has 0 fully saturated rings. The zero-order valence-corrected chi connectivity index (χ0v) is 11.9. The summed E-state index contributed by atoms with van der Waals surface area (Å²) in [6.07, 6.45) is 0.933. The van der Waals surface area contributed by atoms with Crippen LogP contribution < -0.4 is 5.32 Å². The van der Waals surface area contributed by atoms with E-state index in [1.807, 2.05) is 0 Å². The molecule has 1 aromatic rings. The van der Waals surface area contributed by atoms with Crippen LogP contribution in [0.15, 0.2) is 34.2 Å². The fourth-order valence-electron chi connectivity index (χ4n) is 1.27. The third-order valence-electron chi connectivity index (χ3n) is 2.04. The Labute approximate surface area is 113 Å². The molecule has 18 heavy (non-hydrogen) atoms. The summed E-state index contributed by atoms with van der Waals surface area (Å²) in [4.78, 5) is 9.72. The van der Waals surface area contributed by atoms with Crippen molar-refractivity contribution in [2.24, 2.45) is 0 Å². The fourth-order valence-corrected chi connectivity index (χ4v) is 2.27. The lowest BCUT2D eigenvalue weighted by Gasteiger charge is -2.07. The van der Waals surface area contributed by atoms with E-state index in [0.717, 1.165) is 12.3 Å². The molecule has 1 aromatic carbocycles. The van der Waals surface area contributed by atoms with Gasteiger partial charge in [0.15, 0.2) is 9.84 Å². The van der Waals surface area contributed by atoms with Crippen LogP contribution in [-0.2, 0) is 9.84 Å². The van der Waals surface area contributed by atoms with Crippen molar-refractivity contribution in [2.45, 2.75) is 4.90 Å². The van der Waals surface area contributed by atoms with Crippen molar-refractivity contribution in [3.05, 3.63) is 39.4 Å². The summed E-state index contributed by atoms with van der Waals surface area (Å²) in [5.74, 6) is 0. The molecule has 0 bridgehead atoms. The average Bonchev–Trinajstić information content (AvgIpc) is 2.24. The van der Waals surface area contributed by atoms with Crippen LogP contribution in [0.25, 0.3) is 0 Å². The van der Waals surface area contributed by atoms with E-state index in [1.165, 1.54) is 12.1 Å². The highest BCUT2D eigenvalue weighted by Crippen LogP contribution is 2.27. The quantitative estimate of drug-likeness (QED) is 0.659. The highest BCUT2D eigenvalue weighted by atomic mass is 79.9. The molecule has 1 N–H and O–H groups in total. The minimum Gasteiger partial charge on any atom is -0.380 e. The lowest BCUT2D eigenvalue weighted by atomic mass is 10.3. The van der Waals surface area contributed by atoms with E-state index in [0.29, 0.717) is 16.7 Å². The maximum atomic E-state index is 11.5. The van der Waals surface area contributed by atoms with Gasteiger partial charge in [-0.15, -0.1) is 0 Å². The summed E-state index contributed by atoms with van der Waals surface area (Å²) in [6, 6.07) is 3.85. The zero-order valence-electron chi connectivity index (χ0n) is 9.51. The summed E-state index contributed by atoms with van der Waals surface area (Å²) in [7, 11) is -3.66. The lowest BCUT2D eigenvalue weighted by molar-refractivity contribution is -0.387. The molecule has 98 valence electrons. The van der Waals surface area contributed by atoms with Crippen LogP contribution in [0.4, 0.5) is 11.4 Å². The summed E-state index contributed by atoms with van der Waals surface area (Å²) in [5, 5.41) is 13.6.